The van der Waals surface area contributed by atoms with Gasteiger partial charge in [0.25, 0.3) is 5.91 Å². The molecule has 0 saturated heterocycles. The van der Waals surface area contributed by atoms with Crippen LogP contribution < -0.4 is 5.32 Å². The lowest BCUT2D eigenvalue weighted by Gasteiger charge is -2.21. The summed E-state index contributed by atoms with van der Waals surface area (Å²) in [4.78, 5) is 20.0. The molecule has 21 heavy (non-hydrogen) atoms. The molecule has 2 rings (SSSR count). The van der Waals surface area contributed by atoms with Crippen LogP contribution in [0.5, 0.6) is 0 Å². The van der Waals surface area contributed by atoms with Gasteiger partial charge in [-0.25, -0.2) is 9.97 Å². The number of carbonyl (C=O) groups is 1. The van der Waals surface area contributed by atoms with Crippen LogP contribution in [0.1, 0.15) is 34.8 Å². The number of nitrogens with one attached hydrogen (secondary N) is 1. The van der Waals surface area contributed by atoms with Gasteiger partial charge in [-0.1, -0.05) is 11.6 Å². The lowest BCUT2D eigenvalue weighted by molar-refractivity contribution is 0.0322. The molecule has 0 spiro atoms. The molecule has 0 bridgehead atoms. The van der Waals surface area contributed by atoms with Crippen LogP contribution in [0.3, 0.4) is 0 Å². The topological polar surface area (TPSA) is 88.2 Å². The largest absolute Gasteiger partial charge is 0.463 e. The Bertz CT molecular complexity index is 667. The summed E-state index contributed by atoms with van der Waals surface area (Å²) >= 11 is 5.89. The van der Waals surface area contributed by atoms with Crippen molar-refractivity contribution in [3.8, 4) is 0 Å². The summed E-state index contributed by atoms with van der Waals surface area (Å²) in [6, 6.07) is 3.42. The highest BCUT2D eigenvalue weighted by Gasteiger charge is 2.28. The average Bonchev–Trinajstić information content (AvgIpc) is 2.86. The summed E-state index contributed by atoms with van der Waals surface area (Å²) in [7, 11) is 0. The molecule has 2 N–H and O–H groups in total. The highest BCUT2D eigenvalue weighted by Crippen LogP contribution is 2.22. The minimum Gasteiger partial charge on any atom is -0.463 e. The Morgan fingerprint density at radius 1 is 1.48 bits per heavy atom. The van der Waals surface area contributed by atoms with Crippen LogP contribution in [-0.4, -0.2) is 27.5 Å². The quantitative estimate of drug-likeness (QED) is 0.901. The molecule has 0 aliphatic heterocycles. The van der Waals surface area contributed by atoms with Gasteiger partial charge in [0.05, 0.1) is 17.8 Å². The monoisotopic (exact) mass is 309 g/mol. The van der Waals surface area contributed by atoms with Crippen molar-refractivity contribution in [1.82, 2.24) is 15.3 Å². The van der Waals surface area contributed by atoms with Gasteiger partial charge in [0, 0.05) is 0 Å². The van der Waals surface area contributed by atoms with Crippen molar-refractivity contribution < 1.29 is 14.3 Å². The smallest absolute Gasteiger partial charge is 0.271 e. The SMILES string of the molecule is Cc1ncc(Cl)c(C(=O)NCC(C)(O)c2ccc(C)o2)n1. The molecule has 112 valence electrons. The van der Waals surface area contributed by atoms with E-state index in [1.807, 2.05) is 0 Å². The normalized spacial score (nSPS) is 13.8. The fraction of sp³-hybridized carbons (Fsp3) is 0.357. The predicted octanol–water partition coefficient (Wildman–Crippen LogP) is 1.98. The molecule has 2 heterocycles. The zero-order chi connectivity index (χ0) is 15.6. The average molecular weight is 310 g/mol. The molecule has 0 aliphatic rings. The molecule has 2 aromatic rings. The summed E-state index contributed by atoms with van der Waals surface area (Å²) in [6.45, 7) is 4.97. The molecule has 0 aliphatic carbocycles. The molecule has 0 saturated carbocycles. The third-order valence-electron chi connectivity index (χ3n) is 2.94. The Kier molecular flexibility index (Phi) is 4.29. The zero-order valence-corrected chi connectivity index (χ0v) is 12.7. The fourth-order valence-corrected chi connectivity index (χ4v) is 1.94. The van der Waals surface area contributed by atoms with Crippen LogP contribution in [0.25, 0.3) is 0 Å². The number of aromatic nitrogens is 2. The third kappa shape index (κ3) is 3.59. The summed E-state index contributed by atoms with van der Waals surface area (Å²) in [5.41, 5.74) is -1.24. The van der Waals surface area contributed by atoms with Gasteiger partial charge in [-0.05, 0) is 32.9 Å². The molecule has 0 radical (unpaired) electrons. The summed E-state index contributed by atoms with van der Waals surface area (Å²) in [5, 5.41) is 13.1. The van der Waals surface area contributed by atoms with E-state index in [2.05, 4.69) is 15.3 Å². The summed E-state index contributed by atoms with van der Waals surface area (Å²) in [5.74, 6) is 1.03. The van der Waals surface area contributed by atoms with Crippen molar-refractivity contribution in [2.75, 3.05) is 6.54 Å². The number of aliphatic hydroxyl groups is 1. The van der Waals surface area contributed by atoms with Gasteiger partial charge in [0.2, 0.25) is 0 Å². The second-order valence-corrected chi connectivity index (χ2v) is 5.39. The number of amides is 1. The van der Waals surface area contributed by atoms with Gasteiger partial charge in [-0.15, -0.1) is 0 Å². The van der Waals surface area contributed by atoms with Crippen LogP contribution in [0, 0.1) is 13.8 Å². The van der Waals surface area contributed by atoms with Crippen LogP contribution in [0.15, 0.2) is 22.7 Å². The maximum atomic E-state index is 12.1. The maximum Gasteiger partial charge on any atom is 0.271 e. The number of nitrogens with zero attached hydrogens (tertiary/aromatic N) is 2. The van der Waals surface area contributed by atoms with Crippen molar-refractivity contribution in [2.45, 2.75) is 26.4 Å². The van der Waals surface area contributed by atoms with Crippen LogP contribution in [0.2, 0.25) is 5.02 Å². The molecule has 2 aromatic heterocycles. The number of carbonyl (C=O) groups excluding carboxylic acids is 1. The second-order valence-electron chi connectivity index (χ2n) is 4.98. The molecular formula is C14H16ClN3O3. The first-order valence-electron chi connectivity index (χ1n) is 6.36. The van der Waals surface area contributed by atoms with E-state index < -0.39 is 11.5 Å². The first kappa shape index (κ1) is 15.5. The highest BCUT2D eigenvalue weighted by atomic mass is 35.5. The first-order valence-corrected chi connectivity index (χ1v) is 6.74. The van der Waals surface area contributed by atoms with E-state index in [4.69, 9.17) is 16.0 Å². The number of halogens is 1. The molecule has 1 amide bonds. The van der Waals surface area contributed by atoms with Gasteiger partial charge in [-0.3, -0.25) is 4.79 Å². The van der Waals surface area contributed by atoms with Crippen LogP contribution in [-0.2, 0) is 5.60 Å². The standard InChI is InChI=1S/C14H16ClN3O3/c1-8-4-5-11(21-8)14(3,20)7-17-13(19)12-10(15)6-16-9(2)18-12/h4-6,20H,7H2,1-3H3,(H,17,19). The van der Waals surface area contributed by atoms with Crippen LogP contribution in [0.4, 0.5) is 0 Å². The molecular weight excluding hydrogens is 294 g/mol. The summed E-state index contributed by atoms with van der Waals surface area (Å²) < 4.78 is 5.38. The molecule has 1 unspecified atom stereocenters. The Morgan fingerprint density at radius 2 is 2.19 bits per heavy atom. The van der Waals surface area contributed by atoms with Gasteiger partial charge in [0.15, 0.2) is 0 Å². The van der Waals surface area contributed by atoms with Crippen molar-refractivity contribution in [3.63, 3.8) is 0 Å². The number of hydrogen-bond acceptors (Lipinski definition) is 5. The van der Waals surface area contributed by atoms with E-state index in [1.165, 1.54) is 6.20 Å². The van der Waals surface area contributed by atoms with E-state index >= 15 is 0 Å². The van der Waals surface area contributed by atoms with E-state index in [-0.39, 0.29) is 17.3 Å². The Morgan fingerprint density at radius 3 is 2.81 bits per heavy atom. The fourth-order valence-electron chi connectivity index (χ4n) is 1.76. The highest BCUT2D eigenvalue weighted by molar-refractivity contribution is 6.33. The Balaban J connectivity index is 2.08. The zero-order valence-electron chi connectivity index (χ0n) is 12.0. The number of aryl methyl sites for hydroxylation is 2. The van der Waals surface area contributed by atoms with E-state index in [0.29, 0.717) is 17.3 Å². The molecule has 0 fully saturated rings. The van der Waals surface area contributed by atoms with E-state index in [1.54, 1.807) is 32.9 Å². The number of rotatable bonds is 4. The molecule has 0 aromatic carbocycles. The van der Waals surface area contributed by atoms with Crippen molar-refractivity contribution in [2.24, 2.45) is 0 Å². The number of furan rings is 1. The molecule has 7 heteroatoms. The van der Waals surface area contributed by atoms with Gasteiger partial charge in [0.1, 0.15) is 28.6 Å². The molecule has 6 nitrogen and oxygen atoms in total. The number of hydrogen-bond donors (Lipinski definition) is 2. The van der Waals surface area contributed by atoms with Crippen LogP contribution >= 0.6 is 11.6 Å². The first-order chi connectivity index (χ1) is 9.79. The Hall–Kier alpha value is -1.92. The predicted molar refractivity (Wildman–Crippen MR) is 77.1 cm³/mol. The second kappa shape index (κ2) is 5.83. The van der Waals surface area contributed by atoms with Gasteiger partial charge >= 0.3 is 0 Å². The van der Waals surface area contributed by atoms with Crippen molar-refractivity contribution in [1.29, 1.82) is 0 Å². The minimum absolute atomic E-state index is 0.0296. The molecule has 1 atom stereocenters. The minimum atomic E-state index is -1.32. The van der Waals surface area contributed by atoms with Crippen molar-refractivity contribution in [3.05, 3.63) is 46.4 Å². The van der Waals surface area contributed by atoms with Gasteiger partial charge < -0.3 is 14.8 Å². The van der Waals surface area contributed by atoms with Crippen molar-refractivity contribution >= 4 is 17.5 Å². The lowest BCUT2D eigenvalue weighted by Crippen LogP contribution is -2.38. The Labute approximate surface area is 127 Å². The summed E-state index contributed by atoms with van der Waals surface area (Å²) in [6.07, 6.45) is 1.37. The third-order valence-corrected chi connectivity index (χ3v) is 3.22. The van der Waals surface area contributed by atoms with Gasteiger partial charge in [-0.2, -0.15) is 0 Å². The lowest BCUT2D eigenvalue weighted by atomic mass is 10.0. The maximum absolute atomic E-state index is 12.1. The van der Waals surface area contributed by atoms with E-state index in [0.717, 1.165) is 0 Å². The van der Waals surface area contributed by atoms with E-state index in [9.17, 15) is 9.90 Å².